The number of anilines is 1. The lowest BCUT2D eigenvalue weighted by Gasteiger charge is -2.33. The molecule has 2 heterocycles. The first-order valence-corrected chi connectivity index (χ1v) is 11.5. The van der Waals surface area contributed by atoms with Crippen LogP contribution in [-0.4, -0.2) is 26.0 Å². The summed E-state index contributed by atoms with van der Waals surface area (Å²) in [5.74, 6) is 0.358. The average Bonchev–Trinajstić information content (AvgIpc) is 3.10. The fourth-order valence-electron chi connectivity index (χ4n) is 4.29. The molecule has 0 spiro atoms. The molecular formula is C23H28N4O3S. The van der Waals surface area contributed by atoms with Gasteiger partial charge in [-0.15, -0.1) is 16.4 Å². The fraction of sp³-hybridized carbons (Fsp3) is 0.478. The molecular weight excluding hydrogens is 412 g/mol. The Labute approximate surface area is 185 Å². The van der Waals surface area contributed by atoms with E-state index in [2.05, 4.69) is 36.4 Å². The van der Waals surface area contributed by atoms with Crippen molar-refractivity contribution in [3.8, 4) is 5.75 Å². The third-order valence-corrected chi connectivity index (χ3v) is 7.38. The van der Waals surface area contributed by atoms with Crippen LogP contribution < -0.4 is 10.9 Å². The van der Waals surface area contributed by atoms with Crippen LogP contribution >= 0.6 is 11.3 Å². The number of thiophene rings is 1. The number of hydrogen-bond acceptors (Lipinski definition) is 6. The van der Waals surface area contributed by atoms with Crippen LogP contribution in [0.5, 0.6) is 5.75 Å². The molecule has 4 rings (SSSR count). The molecule has 0 bridgehead atoms. The monoisotopic (exact) mass is 440 g/mol. The van der Waals surface area contributed by atoms with Crippen LogP contribution in [0.4, 0.5) is 5.69 Å². The standard InChI is InChI=1S/C23H28N4O3S/c1-5-17(20(29)24-14-7-9-15(28)10-8-14)27-22(30)19-16-11-6-13(23(2,3)4)12-18(16)31-21(19)25-26-27/h7-10,13,17,28H,5-6,11-12H2,1-4H3,(H,24,29). The van der Waals surface area contributed by atoms with E-state index in [1.165, 1.54) is 21.7 Å². The lowest BCUT2D eigenvalue weighted by atomic mass is 9.72. The SMILES string of the molecule is CCC(C(=O)Nc1ccc(O)cc1)n1nnc2sc3c(c2c1=O)CCC(C(C)(C)C)C3. The summed E-state index contributed by atoms with van der Waals surface area (Å²) in [5, 5.41) is 21.3. The molecule has 0 aliphatic heterocycles. The Hall–Kier alpha value is -2.74. The summed E-state index contributed by atoms with van der Waals surface area (Å²) < 4.78 is 1.22. The molecule has 2 unspecified atom stereocenters. The third-order valence-electron chi connectivity index (χ3n) is 6.24. The Morgan fingerprint density at radius 1 is 1.32 bits per heavy atom. The van der Waals surface area contributed by atoms with Gasteiger partial charge in [-0.3, -0.25) is 9.59 Å². The Balaban J connectivity index is 1.68. The van der Waals surface area contributed by atoms with E-state index in [9.17, 15) is 14.7 Å². The zero-order chi connectivity index (χ0) is 22.3. The van der Waals surface area contributed by atoms with Gasteiger partial charge >= 0.3 is 0 Å². The van der Waals surface area contributed by atoms with Gasteiger partial charge in [0, 0.05) is 10.6 Å². The van der Waals surface area contributed by atoms with Gasteiger partial charge < -0.3 is 10.4 Å². The predicted octanol–water partition coefficient (Wildman–Crippen LogP) is 4.30. The van der Waals surface area contributed by atoms with Gasteiger partial charge in [0.05, 0.1) is 5.39 Å². The largest absolute Gasteiger partial charge is 0.508 e. The van der Waals surface area contributed by atoms with Crippen molar-refractivity contribution in [2.24, 2.45) is 11.3 Å². The number of carbonyl (C=O) groups excluding carboxylic acids is 1. The highest BCUT2D eigenvalue weighted by Gasteiger charge is 2.32. The summed E-state index contributed by atoms with van der Waals surface area (Å²) in [6, 6.07) is 5.45. The van der Waals surface area contributed by atoms with E-state index in [0.717, 1.165) is 24.8 Å². The van der Waals surface area contributed by atoms with Gasteiger partial charge in [0.25, 0.3) is 5.56 Å². The van der Waals surface area contributed by atoms with Crippen LogP contribution in [0, 0.1) is 11.3 Å². The summed E-state index contributed by atoms with van der Waals surface area (Å²) in [6.07, 6.45) is 3.26. The number of amides is 1. The Kier molecular flexibility index (Phi) is 5.60. The van der Waals surface area contributed by atoms with Gasteiger partial charge in [0.15, 0.2) is 4.83 Å². The number of hydrogen-bond donors (Lipinski definition) is 2. The first-order chi connectivity index (χ1) is 14.7. The molecule has 3 aromatic rings. The highest BCUT2D eigenvalue weighted by atomic mass is 32.1. The van der Waals surface area contributed by atoms with Crippen molar-refractivity contribution in [2.45, 2.75) is 59.4 Å². The minimum atomic E-state index is -0.764. The van der Waals surface area contributed by atoms with Crippen molar-refractivity contribution < 1.29 is 9.90 Å². The van der Waals surface area contributed by atoms with Crippen LogP contribution in [0.2, 0.25) is 0 Å². The molecule has 1 aromatic carbocycles. The minimum Gasteiger partial charge on any atom is -0.508 e. The van der Waals surface area contributed by atoms with E-state index in [0.29, 0.717) is 28.2 Å². The maximum atomic E-state index is 13.4. The normalized spacial score (nSPS) is 17.4. The van der Waals surface area contributed by atoms with Crippen LogP contribution in [0.1, 0.15) is 57.0 Å². The zero-order valence-corrected chi connectivity index (χ0v) is 19.1. The summed E-state index contributed by atoms with van der Waals surface area (Å²) >= 11 is 1.56. The van der Waals surface area contributed by atoms with Crippen molar-refractivity contribution >= 4 is 33.1 Å². The number of phenols is 1. The van der Waals surface area contributed by atoms with E-state index in [-0.39, 0.29) is 22.6 Å². The molecule has 0 fully saturated rings. The predicted molar refractivity (Wildman–Crippen MR) is 123 cm³/mol. The number of nitrogens with one attached hydrogen (secondary N) is 1. The fourth-order valence-corrected chi connectivity index (χ4v) is 5.52. The number of nitrogens with zero attached hydrogens (tertiary/aromatic N) is 3. The second kappa shape index (κ2) is 8.07. The Morgan fingerprint density at radius 3 is 2.68 bits per heavy atom. The molecule has 31 heavy (non-hydrogen) atoms. The molecule has 0 saturated heterocycles. The molecule has 0 saturated carbocycles. The summed E-state index contributed by atoms with van der Waals surface area (Å²) in [5.41, 5.74) is 1.61. The maximum absolute atomic E-state index is 13.4. The van der Waals surface area contributed by atoms with Crippen molar-refractivity contribution in [2.75, 3.05) is 5.32 Å². The van der Waals surface area contributed by atoms with Crippen molar-refractivity contribution in [1.82, 2.24) is 15.0 Å². The maximum Gasteiger partial charge on any atom is 0.279 e. The van der Waals surface area contributed by atoms with Gasteiger partial charge in [-0.05, 0) is 66.8 Å². The summed E-state index contributed by atoms with van der Waals surface area (Å²) in [7, 11) is 0. The van der Waals surface area contributed by atoms with Crippen molar-refractivity contribution in [3.05, 3.63) is 45.1 Å². The molecule has 2 atom stereocenters. The van der Waals surface area contributed by atoms with Gasteiger partial charge in [-0.25, -0.2) is 0 Å². The van der Waals surface area contributed by atoms with E-state index < -0.39 is 6.04 Å². The van der Waals surface area contributed by atoms with Crippen LogP contribution in [-0.2, 0) is 17.6 Å². The van der Waals surface area contributed by atoms with E-state index in [1.54, 1.807) is 23.5 Å². The average molecular weight is 441 g/mol. The molecule has 2 N–H and O–H groups in total. The number of benzene rings is 1. The number of aryl methyl sites for hydroxylation is 1. The highest BCUT2D eigenvalue weighted by molar-refractivity contribution is 7.18. The van der Waals surface area contributed by atoms with Gasteiger partial charge in [-0.2, -0.15) is 4.68 Å². The van der Waals surface area contributed by atoms with Crippen LogP contribution in [0.15, 0.2) is 29.1 Å². The third kappa shape index (κ3) is 4.08. The topological polar surface area (TPSA) is 97.1 Å². The molecule has 1 aliphatic carbocycles. The molecule has 8 heteroatoms. The Bertz CT molecular complexity index is 1170. The lowest BCUT2D eigenvalue weighted by Crippen LogP contribution is -2.35. The van der Waals surface area contributed by atoms with E-state index in [1.807, 2.05) is 6.92 Å². The second-order valence-electron chi connectivity index (χ2n) is 9.29. The minimum absolute atomic E-state index is 0.119. The summed E-state index contributed by atoms with van der Waals surface area (Å²) in [6.45, 7) is 8.64. The highest BCUT2D eigenvalue weighted by Crippen LogP contribution is 2.41. The van der Waals surface area contributed by atoms with E-state index in [4.69, 9.17) is 0 Å². The quantitative estimate of drug-likeness (QED) is 0.590. The van der Waals surface area contributed by atoms with Gasteiger partial charge in [0.2, 0.25) is 5.91 Å². The smallest absolute Gasteiger partial charge is 0.279 e. The molecule has 0 radical (unpaired) electrons. The van der Waals surface area contributed by atoms with Gasteiger partial charge in [-0.1, -0.05) is 32.9 Å². The second-order valence-corrected chi connectivity index (χ2v) is 10.4. The first-order valence-electron chi connectivity index (χ1n) is 10.7. The lowest BCUT2D eigenvalue weighted by molar-refractivity contribution is -0.119. The Morgan fingerprint density at radius 2 is 2.03 bits per heavy atom. The first kappa shape index (κ1) is 21.5. The number of fused-ring (bicyclic) bond motifs is 3. The van der Waals surface area contributed by atoms with Crippen molar-refractivity contribution in [3.63, 3.8) is 0 Å². The van der Waals surface area contributed by atoms with Crippen LogP contribution in [0.25, 0.3) is 10.2 Å². The molecule has 1 aliphatic rings. The summed E-state index contributed by atoms with van der Waals surface area (Å²) in [4.78, 5) is 28.2. The molecule has 2 aromatic heterocycles. The number of aromatic hydroxyl groups is 1. The molecule has 164 valence electrons. The number of aromatic nitrogens is 3. The zero-order valence-electron chi connectivity index (χ0n) is 18.3. The van der Waals surface area contributed by atoms with Gasteiger partial charge in [0.1, 0.15) is 11.8 Å². The number of carbonyl (C=O) groups is 1. The molecule has 7 nitrogen and oxygen atoms in total. The number of phenolic OH excluding ortho intramolecular Hbond substituents is 1. The van der Waals surface area contributed by atoms with Crippen LogP contribution in [0.3, 0.4) is 0 Å². The van der Waals surface area contributed by atoms with Crippen molar-refractivity contribution in [1.29, 1.82) is 0 Å². The molecule has 1 amide bonds. The van der Waals surface area contributed by atoms with E-state index >= 15 is 0 Å². The number of rotatable bonds is 4.